The Bertz CT molecular complexity index is 1500. The molecule has 234 valence electrons. The lowest BCUT2D eigenvalue weighted by atomic mass is 9.86. The number of ether oxygens (including phenoxy) is 3. The molecule has 3 aromatic rings. The summed E-state index contributed by atoms with van der Waals surface area (Å²) in [4.78, 5) is 53.0. The first-order valence-electron chi connectivity index (χ1n) is 14.2. The topological polar surface area (TPSA) is 171 Å². The largest absolute Gasteiger partial charge is 0.447 e. The van der Waals surface area contributed by atoms with Gasteiger partial charge < -0.3 is 19.5 Å². The second-order valence-corrected chi connectivity index (χ2v) is 11.9. The Morgan fingerprint density at radius 1 is 0.932 bits per heavy atom. The van der Waals surface area contributed by atoms with Crippen LogP contribution in [0.5, 0.6) is 5.75 Å². The lowest BCUT2D eigenvalue weighted by Gasteiger charge is -2.28. The second-order valence-electron chi connectivity index (χ2n) is 10.8. The Morgan fingerprint density at radius 3 is 2.32 bits per heavy atom. The van der Waals surface area contributed by atoms with Crippen molar-refractivity contribution in [3.05, 3.63) is 63.8 Å². The van der Waals surface area contributed by atoms with E-state index >= 15 is 0 Å². The number of hydrogen-bond acceptors (Lipinski definition) is 10. The first kappa shape index (κ1) is 32.2. The quantitative estimate of drug-likeness (QED) is 0.161. The molecule has 1 aliphatic rings. The molecule has 0 radical (unpaired) electrons. The second kappa shape index (κ2) is 14.6. The van der Waals surface area contributed by atoms with Crippen LogP contribution in [0.25, 0.3) is 10.4 Å². The average Bonchev–Trinajstić information content (AvgIpc) is 3.43. The molecule has 13 nitrogen and oxygen atoms in total. The Balaban J connectivity index is 1.50. The summed E-state index contributed by atoms with van der Waals surface area (Å²) in [7, 11) is 0. The molecule has 0 saturated heterocycles. The smallest absolute Gasteiger partial charge is 0.417 e. The number of hydrogen-bond donors (Lipinski definition) is 3. The Morgan fingerprint density at radius 2 is 1.64 bits per heavy atom. The van der Waals surface area contributed by atoms with Crippen LogP contribution in [0.2, 0.25) is 0 Å². The maximum absolute atomic E-state index is 12.9. The molecule has 0 bridgehead atoms. The molecule has 0 unspecified atom stereocenters. The Labute approximate surface area is 258 Å². The summed E-state index contributed by atoms with van der Waals surface area (Å²) in [5, 5.41) is 20.3. The van der Waals surface area contributed by atoms with Gasteiger partial charge in [0, 0.05) is 35.5 Å². The summed E-state index contributed by atoms with van der Waals surface area (Å²) in [6.45, 7) is 7.07. The van der Waals surface area contributed by atoms with Crippen LogP contribution in [0.4, 0.5) is 31.4 Å². The van der Waals surface area contributed by atoms with Gasteiger partial charge in [0.25, 0.3) is 5.69 Å². The van der Waals surface area contributed by atoms with E-state index in [0.717, 1.165) is 41.6 Å². The first-order valence-corrected chi connectivity index (χ1v) is 15.1. The lowest BCUT2D eigenvalue weighted by molar-refractivity contribution is -0.384. The number of carbonyl (C=O) groups is 3. The summed E-state index contributed by atoms with van der Waals surface area (Å²) in [5.41, 5.74) is 1.12. The van der Waals surface area contributed by atoms with Gasteiger partial charge in [-0.2, -0.15) is 0 Å². The molecular formula is C30H35N5O8S. The maximum Gasteiger partial charge on any atom is 0.417 e. The number of non-ortho nitro benzene ring substituents is 1. The standard InChI is InChI=1S/C30H35N5O8S/c1-17(2)41-28(36)32-20-10-8-19(9-11-20)27-31-16-26(44-27)24-13-12-21(33-29(37)42-18(3)4)14-25(24)34-30(38)43-23-7-5-6-22(15-23)35(39)40/h5-7,12-20H,8-11H2,1-4H3,(H,32,36)(H,33,37)(H,34,38). The average molecular weight is 626 g/mol. The van der Waals surface area contributed by atoms with Crippen LogP contribution in [-0.4, -0.2) is 46.4 Å². The van der Waals surface area contributed by atoms with Gasteiger partial charge in [0.1, 0.15) is 5.75 Å². The SMILES string of the molecule is CC(C)OC(=O)Nc1ccc(-c2cnc(C3CCC(NC(=O)OC(C)C)CC3)s2)c(NC(=O)Oc2cccc([N+](=O)[O-])c2)c1. The molecule has 1 aromatic heterocycles. The van der Waals surface area contributed by atoms with Crippen molar-refractivity contribution in [2.75, 3.05) is 10.6 Å². The molecule has 0 spiro atoms. The van der Waals surface area contributed by atoms with Crippen molar-refractivity contribution in [1.82, 2.24) is 10.3 Å². The number of anilines is 2. The number of amides is 3. The van der Waals surface area contributed by atoms with Gasteiger partial charge >= 0.3 is 18.3 Å². The summed E-state index contributed by atoms with van der Waals surface area (Å²) in [6.07, 6.45) is 2.59. The molecule has 1 aliphatic carbocycles. The van der Waals surface area contributed by atoms with Crippen molar-refractivity contribution < 1.29 is 33.5 Å². The van der Waals surface area contributed by atoms with Gasteiger partial charge in [-0.1, -0.05) is 6.07 Å². The number of carbonyl (C=O) groups excluding carboxylic acids is 3. The number of nitro benzene ring substituents is 1. The molecular weight excluding hydrogens is 590 g/mol. The van der Waals surface area contributed by atoms with Gasteiger partial charge in [0.15, 0.2) is 0 Å². The van der Waals surface area contributed by atoms with Crippen molar-refractivity contribution >= 4 is 46.7 Å². The molecule has 0 atom stereocenters. The van der Waals surface area contributed by atoms with Crippen LogP contribution >= 0.6 is 11.3 Å². The van der Waals surface area contributed by atoms with E-state index < -0.39 is 23.2 Å². The third kappa shape index (κ3) is 9.14. The van der Waals surface area contributed by atoms with E-state index in [1.54, 1.807) is 38.2 Å². The van der Waals surface area contributed by atoms with E-state index in [1.165, 1.54) is 29.5 Å². The van der Waals surface area contributed by atoms with Crippen LogP contribution in [-0.2, 0) is 9.47 Å². The highest BCUT2D eigenvalue weighted by Crippen LogP contribution is 2.40. The number of nitrogens with one attached hydrogen (secondary N) is 3. The Hall–Kier alpha value is -4.72. The lowest BCUT2D eigenvalue weighted by Crippen LogP contribution is -2.38. The summed E-state index contributed by atoms with van der Waals surface area (Å²) < 4.78 is 15.7. The van der Waals surface area contributed by atoms with Gasteiger partial charge in [-0.15, -0.1) is 11.3 Å². The third-order valence-corrected chi connectivity index (χ3v) is 7.81. The van der Waals surface area contributed by atoms with E-state index in [1.807, 2.05) is 13.8 Å². The highest BCUT2D eigenvalue weighted by atomic mass is 32.1. The van der Waals surface area contributed by atoms with Crippen molar-refractivity contribution in [3.63, 3.8) is 0 Å². The van der Waals surface area contributed by atoms with Crippen LogP contribution in [0, 0.1) is 10.1 Å². The normalized spacial score (nSPS) is 16.2. The molecule has 3 amide bonds. The number of thiazole rings is 1. The minimum atomic E-state index is -0.875. The minimum Gasteiger partial charge on any atom is -0.447 e. The number of nitro groups is 1. The van der Waals surface area contributed by atoms with Crippen molar-refractivity contribution in [1.29, 1.82) is 0 Å². The Kier molecular flexibility index (Phi) is 10.7. The zero-order valence-electron chi connectivity index (χ0n) is 24.8. The van der Waals surface area contributed by atoms with Gasteiger partial charge in [0.2, 0.25) is 0 Å². The highest BCUT2D eigenvalue weighted by molar-refractivity contribution is 7.15. The molecule has 1 heterocycles. The highest BCUT2D eigenvalue weighted by Gasteiger charge is 2.27. The molecule has 0 aliphatic heterocycles. The van der Waals surface area contributed by atoms with Crippen molar-refractivity contribution in [2.45, 2.75) is 77.5 Å². The van der Waals surface area contributed by atoms with E-state index in [0.29, 0.717) is 16.9 Å². The van der Waals surface area contributed by atoms with Crippen LogP contribution in [0.3, 0.4) is 0 Å². The molecule has 2 aromatic carbocycles. The van der Waals surface area contributed by atoms with Crippen LogP contribution < -0.4 is 20.7 Å². The predicted octanol–water partition coefficient (Wildman–Crippen LogP) is 7.45. The maximum atomic E-state index is 12.9. The van der Waals surface area contributed by atoms with Gasteiger partial charge in [-0.25, -0.2) is 19.4 Å². The van der Waals surface area contributed by atoms with Crippen LogP contribution in [0.1, 0.15) is 64.3 Å². The number of nitrogens with zero attached hydrogens (tertiary/aromatic N) is 2. The minimum absolute atomic E-state index is 0.00400. The van der Waals surface area contributed by atoms with Crippen molar-refractivity contribution in [3.8, 4) is 16.2 Å². The van der Waals surface area contributed by atoms with Gasteiger partial charge in [-0.05, 0) is 77.6 Å². The number of aromatic nitrogens is 1. The van der Waals surface area contributed by atoms with E-state index in [9.17, 15) is 24.5 Å². The van der Waals surface area contributed by atoms with E-state index in [4.69, 9.17) is 14.2 Å². The third-order valence-electron chi connectivity index (χ3n) is 6.61. The molecule has 3 N–H and O–H groups in total. The fraction of sp³-hybridized carbons (Fsp3) is 0.400. The van der Waals surface area contributed by atoms with Crippen LogP contribution in [0.15, 0.2) is 48.7 Å². The number of rotatable bonds is 9. The zero-order valence-corrected chi connectivity index (χ0v) is 25.6. The molecule has 1 saturated carbocycles. The molecule has 44 heavy (non-hydrogen) atoms. The fourth-order valence-electron chi connectivity index (χ4n) is 4.71. The van der Waals surface area contributed by atoms with Gasteiger partial charge in [0.05, 0.1) is 38.8 Å². The van der Waals surface area contributed by atoms with E-state index in [2.05, 4.69) is 20.9 Å². The molecule has 4 rings (SSSR count). The zero-order chi connectivity index (χ0) is 31.8. The summed E-state index contributed by atoms with van der Waals surface area (Å²) in [5.74, 6) is 0.214. The summed E-state index contributed by atoms with van der Waals surface area (Å²) in [6, 6.07) is 10.3. The fourth-order valence-corrected chi connectivity index (χ4v) is 5.83. The van der Waals surface area contributed by atoms with Crippen molar-refractivity contribution in [2.24, 2.45) is 0 Å². The molecule has 1 fully saturated rings. The monoisotopic (exact) mass is 625 g/mol. The summed E-state index contributed by atoms with van der Waals surface area (Å²) >= 11 is 1.49. The van der Waals surface area contributed by atoms with E-state index in [-0.39, 0.29) is 35.6 Å². The number of alkyl carbamates (subject to hydrolysis) is 1. The number of benzene rings is 2. The first-order chi connectivity index (χ1) is 21.0. The predicted molar refractivity (Wildman–Crippen MR) is 165 cm³/mol. The van der Waals surface area contributed by atoms with Gasteiger partial charge in [-0.3, -0.25) is 20.7 Å². The molecule has 14 heteroatoms.